The Morgan fingerprint density at radius 3 is 2.65 bits per heavy atom. The number of guanidine groups is 1. The van der Waals surface area contributed by atoms with Crippen LogP contribution in [0.4, 0.5) is 0 Å². The minimum absolute atomic E-state index is 0. The average molecular weight is 485 g/mol. The molecule has 1 heterocycles. The monoisotopic (exact) mass is 485 g/mol. The van der Waals surface area contributed by atoms with Gasteiger partial charge in [-0.25, -0.2) is 4.99 Å². The van der Waals surface area contributed by atoms with Crippen molar-refractivity contribution in [2.45, 2.75) is 25.4 Å². The summed E-state index contributed by atoms with van der Waals surface area (Å²) in [7, 11) is 7.28. The molecule has 1 unspecified atom stereocenters. The van der Waals surface area contributed by atoms with E-state index in [2.05, 4.69) is 27.6 Å². The number of carbonyl (C=O) groups is 1. The van der Waals surface area contributed by atoms with E-state index in [-0.39, 0.29) is 42.5 Å². The summed E-state index contributed by atoms with van der Waals surface area (Å²) in [4.78, 5) is 19.9. The maximum Gasteiger partial charge on any atom is 0.243 e. The molecule has 1 aliphatic heterocycles. The highest BCUT2D eigenvalue weighted by Gasteiger charge is 2.15. The van der Waals surface area contributed by atoms with Crippen LogP contribution in [0.15, 0.2) is 4.99 Å². The number of aliphatic imine (C=N–C) groups is 1. The number of nitrogens with one attached hydrogen (secondary N) is 2. The number of carbonyl (C=O) groups excluding carboxylic acids is 1. The average Bonchev–Trinajstić information content (AvgIpc) is 3.10. The fourth-order valence-electron chi connectivity index (χ4n) is 2.43. The number of hydrogen-bond donors (Lipinski definition) is 2. The van der Waals surface area contributed by atoms with Gasteiger partial charge in [0.05, 0.1) is 6.10 Å². The van der Waals surface area contributed by atoms with Crippen LogP contribution in [0.3, 0.4) is 0 Å². The van der Waals surface area contributed by atoms with Gasteiger partial charge in [0.2, 0.25) is 5.91 Å². The topological polar surface area (TPSA) is 78.4 Å². The molecule has 1 amide bonds. The lowest BCUT2D eigenvalue weighted by Gasteiger charge is -2.19. The Morgan fingerprint density at radius 2 is 2.04 bits per heavy atom. The van der Waals surface area contributed by atoms with Gasteiger partial charge in [-0.3, -0.25) is 4.79 Å². The molecule has 0 bridgehead atoms. The fraction of sp³-hybridized carbons (Fsp3) is 0.882. The van der Waals surface area contributed by atoms with Crippen molar-refractivity contribution >= 4 is 35.8 Å². The number of likely N-dealkylation sites (N-methyl/N-ethyl adjacent to an activating group) is 2. The molecule has 0 saturated carbocycles. The maximum absolute atomic E-state index is 11.8. The zero-order valence-electron chi connectivity index (χ0n) is 16.6. The zero-order chi connectivity index (χ0) is 18.5. The first kappa shape index (κ1) is 25.4. The number of methoxy groups -OCH3 is 1. The van der Waals surface area contributed by atoms with Crippen LogP contribution in [0.5, 0.6) is 0 Å². The second-order valence-corrected chi connectivity index (χ2v) is 6.55. The largest absolute Gasteiger partial charge is 0.385 e. The van der Waals surface area contributed by atoms with E-state index in [1.54, 1.807) is 26.1 Å². The quantitative estimate of drug-likeness (QED) is 0.191. The van der Waals surface area contributed by atoms with Crippen LogP contribution in [-0.4, -0.2) is 102 Å². The van der Waals surface area contributed by atoms with Crippen molar-refractivity contribution < 1.29 is 14.3 Å². The van der Waals surface area contributed by atoms with Crippen LogP contribution in [0.1, 0.15) is 19.3 Å². The van der Waals surface area contributed by atoms with Crippen LogP contribution < -0.4 is 10.6 Å². The highest BCUT2D eigenvalue weighted by molar-refractivity contribution is 14.0. The van der Waals surface area contributed by atoms with Gasteiger partial charge in [-0.15, -0.1) is 24.0 Å². The van der Waals surface area contributed by atoms with Gasteiger partial charge in [-0.05, 0) is 26.3 Å². The Balaban J connectivity index is 0.00000625. The minimum Gasteiger partial charge on any atom is -0.385 e. The van der Waals surface area contributed by atoms with Crippen LogP contribution in [0.25, 0.3) is 0 Å². The number of amides is 1. The summed E-state index contributed by atoms with van der Waals surface area (Å²) in [5.41, 5.74) is 0. The molecule has 2 N–H and O–H groups in total. The maximum atomic E-state index is 11.8. The van der Waals surface area contributed by atoms with Crippen LogP contribution in [0, 0.1) is 0 Å². The van der Waals surface area contributed by atoms with E-state index >= 15 is 0 Å². The molecule has 0 radical (unpaired) electrons. The summed E-state index contributed by atoms with van der Waals surface area (Å²) in [6, 6.07) is 0. The van der Waals surface area contributed by atoms with Gasteiger partial charge in [0.25, 0.3) is 0 Å². The van der Waals surface area contributed by atoms with E-state index in [9.17, 15) is 4.79 Å². The van der Waals surface area contributed by atoms with E-state index in [4.69, 9.17) is 9.47 Å². The molecule has 1 aliphatic rings. The lowest BCUT2D eigenvalue weighted by Crippen LogP contribution is -2.44. The van der Waals surface area contributed by atoms with Crippen molar-refractivity contribution in [3.63, 3.8) is 0 Å². The Labute approximate surface area is 175 Å². The third-order valence-corrected chi connectivity index (χ3v) is 4.07. The van der Waals surface area contributed by atoms with Gasteiger partial charge in [0, 0.05) is 60.6 Å². The fourth-order valence-corrected chi connectivity index (χ4v) is 2.43. The first-order valence-electron chi connectivity index (χ1n) is 9.04. The van der Waals surface area contributed by atoms with E-state index in [0.29, 0.717) is 12.5 Å². The van der Waals surface area contributed by atoms with Crippen LogP contribution in [-0.2, 0) is 14.3 Å². The molecular weight excluding hydrogens is 449 g/mol. The lowest BCUT2D eigenvalue weighted by atomic mass is 10.2. The van der Waals surface area contributed by atoms with Crippen molar-refractivity contribution in [2.75, 3.05) is 74.2 Å². The molecule has 0 aromatic carbocycles. The number of rotatable bonds is 11. The SMILES string of the molecule is COCCCN(C)CCNC(=NCC(=O)N(C)C)NCC1CCCO1.I. The van der Waals surface area contributed by atoms with E-state index in [1.165, 1.54) is 0 Å². The Hall–Kier alpha value is -0.650. The predicted molar refractivity (Wildman–Crippen MR) is 115 cm³/mol. The van der Waals surface area contributed by atoms with Crippen molar-refractivity contribution in [1.29, 1.82) is 0 Å². The molecule has 8 nitrogen and oxygen atoms in total. The summed E-state index contributed by atoms with van der Waals surface area (Å²) in [6.07, 6.45) is 3.42. The third-order valence-electron chi connectivity index (χ3n) is 4.07. The summed E-state index contributed by atoms with van der Waals surface area (Å²) in [6.45, 7) is 5.11. The smallest absolute Gasteiger partial charge is 0.243 e. The van der Waals surface area contributed by atoms with Crippen LogP contribution >= 0.6 is 24.0 Å². The summed E-state index contributed by atoms with van der Waals surface area (Å²) in [5.74, 6) is 0.644. The van der Waals surface area contributed by atoms with E-state index in [1.807, 2.05) is 0 Å². The summed E-state index contributed by atoms with van der Waals surface area (Å²) >= 11 is 0. The normalized spacial score (nSPS) is 17.1. The van der Waals surface area contributed by atoms with Crippen molar-refractivity contribution in [2.24, 2.45) is 4.99 Å². The molecule has 1 rings (SSSR count). The Kier molecular flexibility index (Phi) is 15.0. The van der Waals surface area contributed by atoms with Gasteiger partial charge in [-0.2, -0.15) is 0 Å². The van der Waals surface area contributed by atoms with Crippen molar-refractivity contribution in [3.05, 3.63) is 0 Å². The summed E-state index contributed by atoms with van der Waals surface area (Å²) < 4.78 is 10.7. The van der Waals surface area contributed by atoms with Gasteiger partial charge in [0.15, 0.2) is 5.96 Å². The second kappa shape index (κ2) is 15.4. The van der Waals surface area contributed by atoms with Crippen molar-refractivity contribution in [3.8, 4) is 0 Å². The first-order chi connectivity index (χ1) is 12.0. The minimum atomic E-state index is -0.0186. The molecule has 0 aromatic heterocycles. The van der Waals surface area contributed by atoms with Crippen molar-refractivity contribution in [1.82, 2.24) is 20.4 Å². The first-order valence-corrected chi connectivity index (χ1v) is 9.04. The molecule has 1 saturated heterocycles. The number of halogens is 1. The van der Waals surface area contributed by atoms with E-state index in [0.717, 1.165) is 52.1 Å². The van der Waals surface area contributed by atoms with E-state index < -0.39 is 0 Å². The molecule has 1 fully saturated rings. The zero-order valence-corrected chi connectivity index (χ0v) is 19.0. The number of ether oxygens (including phenoxy) is 2. The third kappa shape index (κ3) is 11.9. The number of hydrogen-bond acceptors (Lipinski definition) is 5. The standard InChI is InChI=1S/C17H35N5O3.HI/c1-21(2)16(23)14-20-17(19-13-15-7-5-12-25-15)18-8-10-22(3)9-6-11-24-4;/h15H,5-14H2,1-4H3,(H2,18,19,20);1H. The summed E-state index contributed by atoms with van der Waals surface area (Å²) in [5, 5.41) is 6.59. The highest BCUT2D eigenvalue weighted by atomic mass is 127. The molecule has 1 atom stereocenters. The molecule has 0 aromatic rings. The Bertz CT molecular complexity index is 404. The number of nitrogens with zero attached hydrogens (tertiary/aromatic N) is 3. The molecule has 154 valence electrons. The Morgan fingerprint density at radius 1 is 1.27 bits per heavy atom. The molecule has 26 heavy (non-hydrogen) atoms. The van der Waals surface area contributed by atoms with Gasteiger partial charge in [-0.1, -0.05) is 0 Å². The molecule has 0 aliphatic carbocycles. The predicted octanol–water partition coefficient (Wildman–Crippen LogP) is 0.375. The second-order valence-electron chi connectivity index (χ2n) is 6.55. The highest BCUT2D eigenvalue weighted by Crippen LogP contribution is 2.10. The molecule has 9 heteroatoms. The van der Waals surface area contributed by atoms with Gasteiger partial charge >= 0.3 is 0 Å². The van der Waals surface area contributed by atoms with Gasteiger partial charge < -0.3 is 29.9 Å². The lowest BCUT2D eigenvalue weighted by molar-refractivity contribution is -0.127. The molecular formula is C17H36IN5O3. The van der Waals surface area contributed by atoms with Gasteiger partial charge in [0.1, 0.15) is 6.54 Å². The van der Waals surface area contributed by atoms with Crippen LogP contribution in [0.2, 0.25) is 0 Å². The molecule has 0 spiro atoms.